The van der Waals surface area contributed by atoms with Crippen LogP contribution in [0.5, 0.6) is 28.7 Å². The third-order valence-electron chi connectivity index (χ3n) is 7.44. The van der Waals surface area contributed by atoms with Gasteiger partial charge in [-0.25, -0.2) is 5.01 Å². The van der Waals surface area contributed by atoms with E-state index in [1.807, 2.05) is 18.2 Å². The van der Waals surface area contributed by atoms with Crippen molar-refractivity contribution in [2.75, 3.05) is 18.0 Å². The number of phenols is 3. The van der Waals surface area contributed by atoms with Crippen LogP contribution < -0.4 is 9.64 Å². The number of anilines is 1. The highest BCUT2D eigenvalue weighted by atomic mass is 16.5. The number of hydrazone groups is 1. The maximum absolute atomic E-state index is 14.0. The molecule has 8 nitrogen and oxygen atoms in total. The molecule has 0 aromatic heterocycles. The molecule has 4 aromatic carbocycles. The van der Waals surface area contributed by atoms with Crippen LogP contribution in [-0.2, 0) is 5.54 Å². The van der Waals surface area contributed by atoms with Crippen LogP contribution in [-0.4, -0.2) is 45.5 Å². The highest BCUT2D eigenvalue weighted by Crippen LogP contribution is 2.58. The molecule has 4 aromatic rings. The minimum Gasteiger partial charge on any atom is -0.508 e. The Hall–Kier alpha value is -4.98. The van der Waals surface area contributed by atoms with Crippen molar-refractivity contribution in [3.05, 3.63) is 107 Å². The van der Waals surface area contributed by atoms with Gasteiger partial charge in [-0.1, -0.05) is 18.2 Å². The average Bonchev–Trinajstić information content (AvgIpc) is 3.17. The molecule has 1 amide bonds. The average molecular weight is 522 g/mol. The van der Waals surface area contributed by atoms with Gasteiger partial charge in [0, 0.05) is 64.8 Å². The van der Waals surface area contributed by atoms with E-state index in [0.29, 0.717) is 39.3 Å². The van der Waals surface area contributed by atoms with Crippen LogP contribution in [0.4, 0.5) is 5.69 Å². The van der Waals surface area contributed by atoms with Crippen molar-refractivity contribution in [1.82, 2.24) is 5.01 Å². The first-order chi connectivity index (χ1) is 18.9. The number of fused-ring (bicyclic) bond motifs is 6. The van der Waals surface area contributed by atoms with Crippen LogP contribution in [0, 0.1) is 0 Å². The fourth-order valence-electron chi connectivity index (χ4n) is 5.62. The Bertz CT molecular complexity index is 1590. The Morgan fingerprint density at radius 3 is 2.10 bits per heavy atom. The zero-order chi connectivity index (χ0) is 27.3. The number of aromatic hydroxyl groups is 3. The zero-order valence-corrected chi connectivity index (χ0v) is 21.5. The van der Waals surface area contributed by atoms with Crippen LogP contribution in [0.1, 0.15) is 46.5 Å². The molecule has 1 spiro atoms. The zero-order valence-electron chi connectivity index (χ0n) is 21.5. The molecule has 2 aliphatic heterocycles. The van der Waals surface area contributed by atoms with E-state index >= 15 is 0 Å². The van der Waals surface area contributed by atoms with Gasteiger partial charge in [-0.05, 0) is 56.3 Å². The summed E-state index contributed by atoms with van der Waals surface area (Å²) in [5.74, 6) is 0.384. The molecule has 2 heterocycles. The normalized spacial score (nSPS) is 14.7. The van der Waals surface area contributed by atoms with Gasteiger partial charge in [0.05, 0.1) is 6.21 Å². The standard InChI is InChI=1S/C31H27N3O5/c1-3-33(4-2)20-10-9-19(27(37)15-20)18-32-34-30(38)23-7-5-6-8-24(23)31(34)25-13-11-21(35)16-28(25)39-29-17-22(36)12-14-26(29)31/h5-18,35-37H,3-4H2,1-2H3. The predicted octanol–water partition coefficient (Wildman–Crippen LogP) is 5.54. The van der Waals surface area contributed by atoms with Crippen LogP contribution in [0.2, 0.25) is 0 Å². The third-order valence-corrected chi connectivity index (χ3v) is 7.44. The summed E-state index contributed by atoms with van der Waals surface area (Å²) in [4.78, 5) is 16.1. The predicted molar refractivity (Wildman–Crippen MR) is 148 cm³/mol. The lowest BCUT2D eigenvalue weighted by Crippen LogP contribution is -2.44. The van der Waals surface area contributed by atoms with Crippen LogP contribution >= 0.6 is 0 Å². The Morgan fingerprint density at radius 2 is 1.49 bits per heavy atom. The number of carbonyl (C=O) groups is 1. The summed E-state index contributed by atoms with van der Waals surface area (Å²) in [5.41, 5.74) is 2.47. The number of hydrogen-bond acceptors (Lipinski definition) is 7. The minimum atomic E-state index is -1.24. The van der Waals surface area contributed by atoms with Crippen LogP contribution in [0.15, 0.2) is 84.0 Å². The van der Waals surface area contributed by atoms with Crippen molar-refractivity contribution in [2.45, 2.75) is 19.4 Å². The van der Waals surface area contributed by atoms with Gasteiger partial charge in [0.15, 0.2) is 0 Å². The summed E-state index contributed by atoms with van der Waals surface area (Å²) in [6.45, 7) is 5.71. The molecule has 39 heavy (non-hydrogen) atoms. The minimum absolute atomic E-state index is 0.00150. The Labute approximate surface area is 225 Å². The van der Waals surface area contributed by atoms with Gasteiger partial charge in [-0.15, -0.1) is 0 Å². The van der Waals surface area contributed by atoms with Gasteiger partial charge in [0.2, 0.25) is 0 Å². The molecular weight excluding hydrogens is 494 g/mol. The van der Waals surface area contributed by atoms with E-state index in [-0.39, 0.29) is 23.2 Å². The van der Waals surface area contributed by atoms with Crippen molar-refractivity contribution in [3.8, 4) is 28.7 Å². The number of phenolic OH excluding ortho intramolecular Hbond substituents is 3. The quantitative estimate of drug-likeness (QED) is 0.298. The second-order valence-corrected chi connectivity index (χ2v) is 9.50. The summed E-state index contributed by atoms with van der Waals surface area (Å²) in [7, 11) is 0. The highest BCUT2D eigenvalue weighted by molar-refractivity contribution is 6.03. The summed E-state index contributed by atoms with van der Waals surface area (Å²) in [6.07, 6.45) is 1.47. The molecule has 0 saturated heterocycles. The van der Waals surface area contributed by atoms with Gasteiger partial charge in [-0.3, -0.25) is 4.79 Å². The fraction of sp³-hybridized carbons (Fsp3) is 0.161. The number of benzene rings is 4. The molecule has 6 rings (SSSR count). The van der Waals surface area contributed by atoms with E-state index in [0.717, 1.165) is 18.8 Å². The summed E-state index contributed by atoms with van der Waals surface area (Å²) in [6, 6.07) is 22.1. The fourth-order valence-corrected chi connectivity index (χ4v) is 5.62. The van der Waals surface area contributed by atoms with Crippen molar-refractivity contribution >= 4 is 17.8 Å². The molecule has 2 aliphatic rings. The highest BCUT2D eigenvalue weighted by Gasteiger charge is 2.57. The molecule has 196 valence electrons. The molecule has 0 aliphatic carbocycles. The van der Waals surface area contributed by atoms with Crippen molar-refractivity contribution in [2.24, 2.45) is 5.10 Å². The van der Waals surface area contributed by atoms with E-state index in [1.54, 1.807) is 48.5 Å². The number of ether oxygens (including phenoxy) is 1. The first kappa shape index (κ1) is 24.4. The first-order valence-electron chi connectivity index (χ1n) is 12.8. The van der Waals surface area contributed by atoms with E-state index in [2.05, 4.69) is 23.8 Å². The summed E-state index contributed by atoms with van der Waals surface area (Å²) >= 11 is 0. The molecule has 0 unspecified atom stereocenters. The molecule has 0 saturated carbocycles. The number of rotatable bonds is 5. The molecule has 0 fully saturated rings. The first-order valence-corrected chi connectivity index (χ1v) is 12.8. The number of amides is 1. The van der Waals surface area contributed by atoms with Gasteiger partial charge in [0.1, 0.15) is 34.3 Å². The summed E-state index contributed by atoms with van der Waals surface area (Å²) in [5, 5.41) is 37.4. The van der Waals surface area contributed by atoms with Gasteiger partial charge < -0.3 is 25.0 Å². The van der Waals surface area contributed by atoms with Gasteiger partial charge >= 0.3 is 0 Å². The second-order valence-electron chi connectivity index (χ2n) is 9.50. The Morgan fingerprint density at radius 1 is 0.846 bits per heavy atom. The van der Waals surface area contributed by atoms with Crippen molar-refractivity contribution in [1.29, 1.82) is 0 Å². The van der Waals surface area contributed by atoms with Crippen molar-refractivity contribution < 1.29 is 24.9 Å². The third kappa shape index (κ3) is 3.59. The monoisotopic (exact) mass is 521 g/mol. The maximum atomic E-state index is 14.0. The number of carbonyl (C=O) groups excluding carboxylic acids is 1. The lowest BCUT2D eigenvalue weighted by atomic mass is 9.75. The topological polar surface area (TPSA) is 106 Å². The molecule has 8 heteroatoms. The maximum Gasteiger partial charge on any atom is 0.275 e. The molecular formula is C31H27N3O5. The van der Waals surface area contributed by atoms with Gasteiger partial charge in [-0.2, -0.15) is 5.10 Å². The van der Waals surface area contributed by atoms with E-state index in [4.69, 9.17) is 4.74 Å². The second kappa shape index (κ2) is 9.09. The molecule has 0 atom stereocenters. The molecule has 3 N–H and O–H groups in total. The molecule has 0 radical (unpaired) electrons. The Kier molecular flexibility index (Phi) is 5.68. The smallest absolute Gasteiger partial charge is 0.275 e. The van der Waals surface area contributed by atoms with E-state index in [1.165, 1.54) is 23.4 Å². The van der Waals surface area contributed by atoms with E-state index < -0.39 is 5.54 Å². The lowest BCUT2D eigenvalue weighted by molar-refractivity contribution is 0.0675. The largest absolute Gasteiger partial charge is 0.508 e. The van der Waals surface area contributed by atoms with Crippen molar-refractivity contribution in [3.63, 3.8) is 0 Å². The van der Waals surface area contributed by atoms with Crippen LogP contribution in [0.3, 0.4) is 0 Å². The van der Waals surface area contributed by atoms with E-state index in [9.17, 15) is 20.1 Å². The number of nitrogens with zero attached hydrogens (tertiary/aromatic N) is 3. The lowest BCUT2D eigenvalue weighted by Gasteiger charge is -2.41. The van der Waals surface area contributed by atoms with Gasteiger partial charge in [0.25, 0.3) is 5.91 Å². The SMILES string of the molecule is CCN(CC)c1ccc(C=NN2C(=O)c3ccccc3C23c2ccc(O)cc2Oc2cc(O)ccc23)c(O)c1. The summed E-state index contributed by atoms with van der Waals surface area (Å²) < 4.78 is 6.11. The molecule has 0 bridgehead atoms. The number of hydrogen-bond donors (Lipinski definition) is 3. The Balaban J connectivity index is 1.57. The van der Waals surface area contributed by atoms with Crippen LogP contribution in [0.25, 0.3) is 0 Å².